The van der Waals surface area contributed by atoms with Crippen LogP contribution in [0.1, 0.15) is 5.56 Å². The summed E-state index contributed by atoms with van der Waals surface area (Å²) < 4.78 is 1.56. The van der Waals surface area contributed by atoms with Crippen LogP contribution in [0, 0.1) is 0 Å². The van der Waals surface area contributed by atoms with Crippen molar-refractivity contribution in [1.29, 1.82) is 0 Å². The maximum Gasteiger partial charge on any atom is 0.161 e. The number of nitrogens with two attached hydrogens (primary N) is 1. The van der Waals surface area contributed by atoms with Crippen LogP contribution >= 0.6 is 11.6 Å². The van der Waals surface area contributed by atoms with Crippen molar-refractivity contribution in [1.82, 2.24) is 14.6 Å². The van der Waals surface area contributed by atoms with E-state index in [1.165, 1.54) is 0 Å². The van der Waals surface area contributed by atoms with Crippen molar-refractivity contribution in [3.05, 3.63) is 29.2 Å². The minimum Gasteiger partial charge on any atom is -0.326 e. The smallest absolute Gasteiger partial charge is 0.161 e. The molecule has 0 radical (unpaired) electrons. The lowest BCUT2D eigenvalue weighted by Gasteiger charge is -1.95. The Bertz CT molecular complexity index is 409. The van der Waals surface area contributed by atoms with Gasteiger partial charge in [-0.2, -0.15) is 5.10 Å². The molecule has 2 rings (SSSR count). The van der Waals surface area contributed by atoms with E-state index in [1.54, 1.807) is 23.0 Å². The van der Waals surface area contributed by atoms with Crippen molar-refractivity contribution in [3.63, 3.8) is 0 Å². The number of halogens is 1. The molecular formula is C7H7ClN4. The van der Waals surface area contributed by atoms with Gasteiger partial charge in [0.1, 0.15) is 5.15 Å². The standard InChI is InChI=1S/C7H7ClN4/c8-6-1-2-10-7-5(3-9)4-11-12(6)7/h1-2,4H,3,9H2. The van der Waals surface area contributed by atoms with E-state index in [9.17, 15) is 0 Å². The summed E-state index contributed by atoms with van der Waals surface area (Å²) >= 11 is 5.85. The molecule has 0 saturated heterocycles. The average Bonchev–Trinajstić information content (AvgIpc) is 2.49. The summed E-state index contributed by atoms with van der Waals surface area (Å²) in [6.07, 6.45) is 3.31. The van der Waals surface area contributed by atoms with Crippen molar-refractivity contribution in [2.75, 3.05) is 0 Å². The van der Waals surface area contributed by atoms with Gasteiger partial charge in [0.05, 0.1) is 6.20 Å². The van der Waals surface area contributed by atoms with Crippen LogP contribution in [0.3, 0.4) is 0 Å². The quantitative estimate of drug-likeness (QED) is 0.665. The third-order valence-electron chi connectivity index (χ3n) is 1.65. The van der Waals surface area contributed by atoms with Crippen LogP contribution in [0.4, 0.5) is 0 Å². The van der Waals surface area contributed by atoms with Crippen LogP contribution in [-0.4, -0.2) is 14.6 Å². The van der Waals surface area contributed by atoms with Gasteiger partial charge in [-0.05, 0) is 6.07 Å². The summed E-state index contributed by atoms with van der Waals surface area (Å²) in [7, 11) is 0. The van der Waals surface area contributed by atoms with E-state index >= 15 is 0 Å². The summed E-state index contributed by atoms with van der Waals surface area (Å²) in [4.78, 5) is 4.11. The van der Waals surface area contributed by atoms with Gasteiger partial charge in [-0.25, -0.2) is 9.50 Å². The molecule has 2 aromatic rings. The molecule has 2 aromatic heterocycles. The second-order valence-corrected chi connectivity index (χ2v) is 2.76. The van der Waals surface area contributed by atoms with Crippen LogP contribution < -0.4 is 5.73 Å². The number of fused-ring (bicyclic) bond motifs is 1. The number of nitrogens with zero attached hydrogens (tertiary/aromatic N) is 3. The largest absolute Gasteiger partial charge is 0.326 e. The van der Waals surface area contributed by atoms with Crippen LogP contribution in [-0.2, 0) is 6.54 Å². The molecule has 5 heteroatoms. The molecule has 0 aliphatic carbocycles. The van der Waals surface area contributed by atoms with E-state index in [0.29, 0.717) is 11.7 Å². The molecule has 2 N–H and O–H groups in total. The Hall–Kier alpha value is -1.13. The normalized spacial score (nSPS) is 10.8. The number of hydrogen-bond donors (Lipinski definition) is 1. The second kappa shape index (κ2) is 2.73. The predicted molar refractivity (Wildman–Crippen MR) is 45.9 cm³/mol. The van der Waals surface area contributed by atoms with Crippen molar-refractivity contribution in [3.8, 4) is 0 Å². The lowest BCUT2D eigenvalue weighted by molar-refractivity contribution is 0.940. The Morgan fingerprint density at radius 3 is 3.17 bits per heavy atom. The van der Waals surface area contributed by atoms with Crippen molar-refractivity contribution in [2.24, 2.45) is 5.73 Å². The lowest BCUT2D eigenvalue weighted by Crippen LogP contribution is -1.97. The molecule has 0 fully saturated rings. The molecule has 2 heterocycles. The third kappa shape index (κ3) is 0.964. The Morgan fingerprint density at radius 2 is 2.42 bits per heavy atom. The van der Waals surface area contributed by atoms with E-state index < -0.39 is 0 Å². The SMILES string of the molecule is NCc1cnn2c(Cl)ccnc12. The zero-order valence-electron chi connectivity index (χ0n) is 6.24. The van der Waals surface area contributed by atoms with E-state index in [1.807, 2.05) is 0 Å². The Balaban J connectivity index is 2.80. The summed E-state index contributed by atoms with van der Waals surface area (Å²) in [6, 6.07) is 1.68. The summed E-state index contributed by atoms with van der Waals surface area (Å²) in [5.74, 6) is 0. The molecule has 0 aliphatic rings. The van der Waals surface area contributed by atoms with Gasteiger partial charge in [0.15, 0.2) is 5.65 Å². The fraction of sp³-hybridized carbons (Fsp3) is 0.143. The molecule has 0 bridgehead atoms. The van der Waals surface area contributed by atoms with Gasteiger partial charge >= 0.3 is 0 Å². The molecule has 0 aromatic carbocycles. The first-order valence-corrected chi connectivity index (χ1v) is 3.88. The molecule has 62 valence electrons. The molecule has 0 spiro atoms. The molecule has 0 atom stereocenters. The highest BCUT2D eigenvalue weighted by atomic mass is 35.5. The van der Waals surface area contributed by atoms with E-state index in [4.69, 9.17) is 17.3 Å². The van der Waals surface area contributed by atoms with Crippen molar-refractivity contribution in [2.45, 2.75) is 6.54 Å². The summed E-state index contributed by atoms with van der Waals surface area (Å²) in [6.45, 7) is 0.427. The first-order valence-electron chi connectivity index (χ1n) is 3.50. The lowest BCUT2D eigenvalue weighted by atomic mass is 10.3. The maximum absolute atomic E-state index is 5.85. The van der Waals surface area contributed by atoms with Gasteiger partial charge in [-0.15, -0.1) is 0 Å². The van der Waals surface area contributed by atoms with Gasteiger partial charge in [0, 0.05) is 18.3 Å². The zero-order valence-corrected chi connectivity index (χ0v) is 6.99. The first kappa shape index (κ1) is 7.52. The van der Waals surface area contributed by atoms with Gasteiger partial charge in [0.2, 0.25) is 0 Å². The van der Waals surface area contributed by atoms with Gasteiger partial charge in [0.25, 0.3) is 0 Å². The van der Waals surface area contributed by atoms with E-state index in [2.05, 4.69) is 10.1 Å². The van der Waals surface area contributed by atoms with Crippen LogP contribution in [0.15, 0.2) is 18.5 Å². The maximum atomic E-state index is 5.85. The fourth-order valence-corrected chi connectivity index (χ4v) is 1.23. The monoisotopic (exact) mass is 182 g/mol. The number of hydrogen-bond acceptors (Lipinski definition) is 3. The van der Waals surface area contributed by atoms with Gasteiger partial charge in [-0.3, -0.25) is 0 Å². The minimum absolute atomic E-state index is 0.427. The first-order chi connectivity index (χ1) is 5.83. The Morgan fingerprint density at radius 1 is 1.58 bits per heavy atom. The number of aromatic nitrogens is 3. The van der Waals surface area contributed by atoms with Crippen molar-refractivity contribution < 1.29 is 0 Å². The molecule has 0 unspecified atom stereocenters. The van der Waals surface area contributed by atoms with Crippen LogP contribution in [0.25, 0.3) is 5.65 Å². The third-order valence-corrected chi connectivity index (χ3v) is 1.93. The molecular weight excluding hydrogens is 176 g/mol. The fourth-order valence-electron chi connectivity index (χ4n) is 1.05. The molecule has 0 aliphatic heterocycles. The highest BCUT2D eigenvalue weighted by Crippen LogP contribution is 2.12. The Labute approximate surface area is 74.0 Å². The highest BCUT2D eigenvalue weighted by molar-refractivity contribution is 6.29. The highest BCUT2D eigenvalue weighted by Gasteiger charge is 2.04. The van der Waals surface area contributed by atoms with Crippen LogP contribution in [0.5, 0.6) is 0 Å². The van der Waals surface area contributed by atoms with E-state index in [0.717, 1.165) is 11.2 Å². The van der Waals surface area contributed by atoms with Gasteiger partial charge < -0.3 is 5.73 Å². The molecule has 12 heavy (non-hydrogen) atoms. The zero-order chi connectivity index (χ0) is 8.55. The molecule has 0 amide bonds. The topological polar surface area (TPSA) is 56.2 Å². The number of rotatable bonds is 1. The molecule has 4 nitrogen and oxygen atoms in total. The van der Waals surface area contributed by atoms with Gasteiger partial charge in [-0.1, -0.05) is 11.6 Å². The predicted octanol–water partition coefficient (Wildman–Crippen LogP) is 0.841. The second-order valence-electron chi connectivity index (χ2n) is 2.38. The minimum atomic E-state index is 0.427. The Kier molecular flexibility index (Phi) is 1.71. The summed E-state index contributed by atoms with van der Waals surface area (Å²) in [5.41, 5.74) is 7.10. The summed E-state index contributed by atoms with van der Waals surface area (Å²) in [5, 5.41) is 4.57. The van der Waals surface area contributed by atoms with E-state index in [-0.39, 0.29) is 0 Å². The average molecular weight is 183 g/mol. The molecule has 0 saturated carbocycles. The van der Waals surface area contributed by atoms with Crippen LogP contribution in [0.2, 0.25) is 5.15 Å². The van der Waals surface area contributed by atoms with Crippen molar-refractivity contribution >= 4 is 17.2 Å².